The molecule has 4 nitrogen and oxygen atoms in total. The fourth-order valence-corrected chi connectivity index (χ4v) is 2.67. The van der Waals surface area contributed by atoms with Gasteiger partial charge in [0.1, 0.15) is 0 Å². The first-order chi connectivity index (χ1) is 8.95. The third-order valence-corrected chi connectivity index (χ3v) is 4.07. The summed E-state index contributed by atoms with van der Waals surface area (Å²) in [5.74, 6) is 0. The van der Waals surface area contributed by atoms with E-state index >= 15 is 0 Å². The summed E-state index contributed by atoms with van der Waals surface area (Å²) in [7, 11) is -4.14. The molecule has 0 aliphatic rings. The summed E-state index contributed by atoms with van der Waals surface area (Å²) < 4.78 is 31.2. The molecule has 0 heterocycles. The number of fused-ring (bicyclic) bond motifs is 1. The van der Waals surface area contributed by atoms with Gasteiger partial charge in [-0.25, -0.2) is 0 Å². The second-order valence-corrected chi connectivity index (χ2v) is 5.76. The zero-order valence-electron chi connectivity index (χ0n) is 11.0. The molecule has 2 aromatic carbocycles. The van der Waals surface area contributed by atoms with Crippen molar-refractivity contribution in [2.45, 2.75) is 18.7 Å². The van der Waals surface area contributed by atoms with Gasteiger partial charge in [0.2, 0.25) is 0 Å². The summed E-state index contributed by atoms with van der Waals surface area (Å²) in [6.45, 7) is 6.03. The van der Waals surface area contributed by atoms with E-state index in [2.05, 4.69) is 18.7 Å². The molecule has 0 unspecified atom stereocenters. The highest BCUT2D eigenvalue weighted by atomic mass is 32.2. The fourth-order valence-electron chi connectivity index (χ4n) is 2.16. The normalized spacial score (nSPS) is 11.7. The Bertz CT molecular complexity index is 691. The quantitative estimate of drug-likeness (QED) is 0.874. The van der Waals surface area contributed by atoms with Crippen molar-refractivity contribution in [1.82, 2.24) is 0 Å². The highest BCUT2D eigenvalue weighted by molar-refractivity contribution is 7.85. The number of nitrogens with zero attached hydrogens (tertiary/aromatic N) is 1. The van der Waals surface area contributed by atoms with E-state index in [0.29, 0.717) is 0 Å². The number of hydrogen-bond acceptors (Lipinski definition) is 3. The van der Waals surface area contributed by atoms with Crippen LogP contribution in [0.1, 0.15) is 13.8 Å². The molecule has 0 saturated heterocycles. The molecule has 0 spiro atoms. The van der Waals surface area contributed by atoms with E-state index in [1.165, 1.54) is 12.1 Å². The van der Waals surface area contributed by atoms with Crippen molar-refractivity contribution in [3.05, 3.63) is 36.4 Å². The Morgan fingerprint density at radius 2 is 1.58 bits per heavy atom. The Hall–Kier alpha value is -1.59. The van der Waals surface area contributed by atoms with Gasteiger partial charge in [-0.1, -0.05) is 12.1 Å². The van der Waals surface area contributed by atoms with E-state index in [1.54, 1.807) is 6.07 Å². The fraction of sp³-hybridized carbons (Fsp3) is 0.286. The summed E-state index contributed by atoms with van der Waals surface area (Å²) in [6.07, 6.45) is 0. The van der Waals surface area contributed by atoms with Gasteiger partial charge in [-0.2, -0.15) is 8.42 Å². The number of anilines is 1. The molecule has 0 fully saturated rings. The lowest BCUT2D eigenvalue weighted by Crippen LogP contribution is -2.21. The van der Waals surface area contributed by atoms with Crippen molar-refractivity contribution in [2.24, 2.45) is 0 Å². The third kappa shape index (κ3) is 2.88. The molecule has 102 valence electrons. The second-order valence-electron chi connectivity index (χ2n) is 4.34. The number of benzene rings is 2. The van der Waals surface area contributed by atoms with Gasteiger partial charge in [0.05, 0.1) is 4.90 Å². The SMILES string of the molecule is CCN(CC)c1ccc2cc(S(=O)(=O)O)ccc2c1. The molecule has 1 N–H and O–H groups in total. The Balaban J connectivity index is 2.52. The lowest BCUT2D eigenvalue weighted by atomic mass is 10.1. The standard InChI is InChI=1S/C14H17NO3S/c1-3-15(4-2)13-7-5-12-10-14(19(16,17)18)8-6-11(12)9-13/h5-10H,3-4H2,1-2H3,(H,16,17,18). The molecular weight excluding hydrogens is 262 g/mol. The molecule has 2 aromatic rings. The molecular formula is C14H17NO3S. The van der Waals surface area contributed by atoms with Gasteiger partial charge in [0, 0.05) is 18.8 Å². The molecule has 0 radical (unpaired) electrons. The maximum absolute atomic E-state index is 11.1. The monoisotopic (exact) mass is 279 g/mol. The van der Waals surface area contributed by atoms with Gasteiger partial charge < -0.3 is 4.90 Å². The van der Waals surface area contributed by atoms with E-state index in [1.807, 2.05) is 18.2 Å². The number of rotatable bonds is 4. The van der Waals surface area contributed by atoms with Gasteiger partial charge in [0.25, 0.3) is 10.1 Å². The van der Waals surface area contributed by atoms with Crippen LogP contribution in [-0.4, -0.2) is 26.1 Å². The van der Waals surface area contributed by atoms with Crippen LogP contribution in [0.3, 0.4) is 0 Å². The van der Waals surface area contributed by atoms with Gasteiger partial charge in [-0.3, -0.25) is 4.55 Å². The van der Waals surface area contributed by atoms with Crippen LogP contribution in [-0.2, 0) is 10.1 Å². The molecule has 2 rings (SSSR count). The van der Waals surface area contributed by atoms with E-state index in [4.69, 9.17) is 4.55 Å². The van der Waals surface area contributed by atoms with Crippen molar-refractivity contribution < 1.29 is 13.0 Å². The van der Waals surface area contributed by atoms with Crippen LogP contribution in [0.25, 0.3) is 10.8 Å². The van der Waals surface area contributed by atoms with Gasteiger partial charge >= 0.3 is 0 Å². The first kappa shape index (κ1) is 13.8. The second kappa shape index (κ2) is 5.19. The summed E-state index contributed by atoms with van der Waals surface area (Å²) in [5.41, 5.74) is 1.11. The van der Waals surface area contributed by atoms with Crippen molar-refractivity contribution in [3.63, 3.8) is 0 Å². The molecule has 0 bridgehead atoms. The Morgan fingerprint density at radius 1 is 1.00 bits per heavy atom. The van der Waals surface area contributed by atoms with Crippen molar-refractivity contribution in [3.8, 4) is 0 Å². The van der Waals surface area contributed by atoms with Crippen LogP contribution in [0.5, 0.6) is 0 Å². The minimum absolute atomic E-state index is 0.0735. The first-order valence-electron chi connectivity index (χ1n) is 6.22. The first-order valence-corrected chi connectivity index (χ1v) is 7.66. The topological polar surface area (TPSA) is 57.6 Å². The zero-order chi connectivity index (χ0) is 14.0. The lowest BCUT2D eigenvalue weighted by molar-refractivity contribution is 0.483. The Morgan fingerprint density at radius 3 is 2.16 bits per heavy atom. The molecule has 0 aromatic heterocycles. The molecule has 0 atom stereocenters. The van der Waals surface area contributed by atoms with Crippen LogP contribution in [0, 0.1) is 0 Å². The van der Waals surface area contributed by atoms with E-state index in [-0.39, 0.29) is 4.90 Å². The average molecular weight is 279 g/mol. The predicted octanol–water partition coefficient (Wildman–Crippen LogP) is 2.93. The molecule has 0 aliphatic heterocycles. The summed E-state index contributed by atoms with van der Waals surface area (Å²) in [5, 5.41) is 1.75. The van der Waals surface area contributed by atoms with Crippen LogP contribution in [0.15, 0.2) is 41.3 Å². The smallest absolute Gasteiger partial charge is 0.294 e. The van der Waals surface area contributed by atoms with Crippen LogP contribution < -0.4 is 4.90 Å². The summed E-state index contributed by atoms with van der Waals surface area (Å²) >= 11 is 0. The maximum atomic E-state index is 11.1. The van der Waals surface area contributed by atoms with Crippen LogP contribution >= 0.6 is 0 Å². The average Bonchev–Trinajstić information content (AvgIpc) is 2.38. The van der Waals surface area contributed by atoms with E-state index in [0.717, 1.165) is 29.5 Å². The minimum Gasteiger partial charge on any atom is -0.372 e. The van der Waals surface area contributed by atoms with Gasteiger partial charge in [0.15, 0.2) is 0 Å². The number of hydrogen-bond donors (Lipinski definition) is 1. The molecule has 0 aliphatic carbocycles. The van der Waals surface area contributed by atoms with Crippen molar-refractivity contribution in [1.29, 1.82) is 0 Å². The Labute approximate surface area is 113 Å². The predicted molar refractivity (Wildman–Crippen MR) is 77.3 cm³/mol. The van der Waals surface area contributed by atoms with Gasteiger partial charge in [-0.15, -0.1) is 0 Å². The highest BCUT2D eigenvalue weighted by Crippen LogP contribution is 2.24. The lowest BCUT2D eigenvalue weighted by Gasteiger charge is -2.21. The van der Waals surface area contributed by atoms with E-state index in [9.17, 15) is 8.42 Å². The van der Waals surface area contributed by atoms with Crippen molar-refractivity contribution >= 4 is 26.6 Å². The Kier molecular flexibility index (Phi) is 3.78. The van der Waals surface area contributed by atoms with Gasteiger partial charge in [-0.05, 0) is 48.9 Å². The van der Waals surface area contributed by atoms with Crippen LogP contribution in [0.2, 0.25) is 0 Å². The highest BCUT2D eigenvalue weighted by Gasteiger charge is 2.10. The van der Waals surface area contributed by atoms with Crippen LogP contribution in [0.4, 0.5) is 5.69 Å². The van der Waals surface area contributed by atoms with Crippen molar-refractivity contribution in [2.75, 3.05) is 18.0 Å². The summed E-state index contributed by atoms with van der Waals surface area (Å²) in [6, 6.07) is 10.5. The zero-order valence-corrected chi connectivity index (χ0v) is 11.8. The summed E-state index contributed by atoms with van der Waals surface area (Å²) in [4.78, 5) is 2.14. The minimum atomic E-state index is -4.14. The molecule has 5 heteroatoms. The molecule has 0 amide bonds. The van der Waals surface area contributed by atoms with E-state index < -0.39 is 10.1 Å². The third-order valence-electron chi connectivity index (χ3n) is 3.22. The molecule has 19 heavy (non-hydrogen) atoms. The largest absolute Gasteiger partial charge is 0.372 e. The maximum Gasteiger partial charge on any atom is 0.294 e. The molecule has 0 saturated carbocycles.